The number of thiocarbonyl (C=S) groups is 1. The van der Waals surface area contributed by atoms with E-state index >= 15 is 0 Å². The van der Waals surface area contributed by atoms with E-state index in [0.29, 0.717) is 33.2 Å². The van der Waals surface area contributed by atoms with E-state index in [1.807, 2.05) is 18.2 Å². The molecule has 2 N–H and O–H groups in total. The number of pyridine rings is 1. The molecule has 26 heavy (non-hydrogen) atoms. The Labute approximate surface area is 166 Å². The molecule has 132 valence electrons. The van der Waals surface area contributed by atoms with Gasteiger partial charge in [-0.2, -0.15) is 5.10 Å². The van der Waals surface area contributed by atoms with Crippen LogP contribution in [-0.2, 0) is 6.54 Å². The zero-order chi connectivity index (χ0) is 18.4. The van der Waals surface area contributed by atoms with Gasteiger partial charge in [-0.1, -0.05) is 29.3 Å². The van der Waals surface area contributed by atoms with Gasteiger partial charge in [0.2, 0.25) is 0 Å². The normalized spacial score (nSPS) is 10.8. The Bertz CT molecular complexity index is 928. The van der Waals surface area contributed by atoms with E-state index in [4.69, 9.17) is 39.8 Å². The maximum atomic E-state index is 6.18. The van der Waals surface area contributed by atoms with Crippen LogP contribution in [0.3, 0.4) is 0 Å². The van der Waals surface area contributed by atoms with E-state index in [-0.39, 0.29) is 0 Å². The predicted octanol–water partition coefficient (Wildman–Crippen LogP) is 4.65. The van der Waals surface area contributed by atoms with Crippen molar-refractivity contribution >= 4 is 46.7 Å². The SMILES string of the molecule is S=C(NCc1cccnc1)N/N=C/c1ccc(-c2ccc(Cl)cc2Cl)o1. The fourth-order valence-corrected chi connectivity index (χ4v) is 2.76. The third-order valence-electron chi connectivity index (χ3n) is 3.36. The van der Waals surface area contributed by atoms with Gasteiger partial charge in [0.1, 0.15) is 11.5 Å². The van der Waals surface area contributed by atoms with Gasteiger partial charge in [0.15, 0.2) is 5.11 Å². The molecule has 0 saturated heterocycles. The van der Waals surface area contributed by atoms with Crippen molar-refractivity contribution in [2.45, 2.75) is 6.54 Å². The molecule has 2 heterocycles. The highest BCUT2D eigenvalue weighted by atomic mass is 35.5. The van der Waals surface area contributed by atoms with E-state index in [1.54, 1.807) is 36.7 Å². The van der Waals surface area contributed by atoms with E-state index in [0.717, 1.165) is 11.1 Å². The summed E-state index contributed by atoms with van der Waals surface area (Å²) >= 11 is 17.3. The van der Waals surface area contributed by atoms with Crippen molar-refractivity contribution < 1.29 is 4.42 Å². The number of halogens is 2. The number of nitrogens with zero attached hydrogens (tertiary/aromatic N) is 2. The topological polar surface area (TPSA) is 62.5 Å². The highest BCUT2D eigenvalue weighted by Gasteiger charge is 2.08. The molecule has 0 atom stereocenters. The van der Waals surface area contributed by atoms with Gasteiger partial charge >= 0.3 is 0 Å². The molecule has 0 aliphatic carbocycles. The summed E-state index contributed by atoms with van der Waals surface area (Å²) in [5.41, 5.74) is 4.52. The number of furan rings is 1. The van der Waals surface area contributed by atoms with E-state index < -0.39 is 0 Å². The molecular weight excluding hydrogens is 391 g/mol. The van der Waals surface area contributed by atoms with Crippen molar-refractivity contribution in [3.8, 4) is 11.3 Å². The molecular formula is C18H14Cl2N4OS. The molecule has 0 amide bonds. The number of hydrogen-bond donors (Lipinski definition) is 2. The number of aromatic nitrogens is 1. The van der Waals surface area contributed by atoms with Crippen molar-refractivity contribution in [3.05, 3.63) is 76.2 Å². The molecule has 0 aliphatic heterocycles. The zero-order valence-corrected chi connectivity index (χ0v) is 15.8. The van der Waals surface area contributed by atoms with Gasteiger partial charge in [-0.05, 0) is 54.2 Å². The second-order valence-electron chi connectivity index (χ2n) is 5.24. The largest absolute Gasteiger partial charge is 0.455 e. The minimum atomic E-state index is 0.401. The molecule has 3 rings (SSSR count). The fraction of sp³-hybridized carbons (Fsp3) is 0.0556. The van der Waals surface area contributed by atoms with Crippen LogP contribution in [0.4, 0.5) is 0 Å². The molecule has 0 radical (unpaired) electrons. The van der Waals surface area contributed by atoms with Crippen molar-refractivity contribution in [3.63, 3.8) is 0 Å². The Balaban J connectivity index is 1.54. The summed E-state index contributed by atoms with van der Waals surface area (Å²) in [7, 11) is 0. The molecule has 3 aromatic rings. The Hall–Kier alpha value is -2.41. The Morgan fingerprint density at radius 3 is 2.88 bits per heavy atom. The average Bonchev–Trinajstić information content (AvgIpc) is 3.09. The molecule has 0 unspecified atom stereocenters. The van der Waals surface area contributed by atoms with Gasteiger partial charge in [-0.15, -0.1) is 0 Å². The molecule has 8 heteroatoms. The highest BCUT2D eigenvalue weighted by Crippen LogP contribution is 2.31. The molecule has 0 aliphatic rings. The Morgan fingerprint density at radius 2 is 2.12 bits per heavy atom. The fourth-order valence-electron chi connectivity index (χ4n) is 2.14. The number of hydrogen-bond acceptors (Lipinski definition) is 4. The molecule has 0 bridgehead atoms. The molecule has 1 aromatic carbocycles. The molecule has 0 saturated carbocycles. The van der Waals surface area contributed by atoms with Crippen molar-refractivity contribution in [2.24, 2.45) is 5.10 Å². The Morgan fingerprint density at radius 1 is 1.23 bits per heavy atom. The molecule has 5 nitrogen and oxygen atoms in total. The van der Waals surface area contributed by atoms with Crippen LogP contribution in [0.1, 0.15) is 11.3 Å². The van der Waals surface area contributed by atoms with Crippen molar-refractivity contribution in [1.82, 2.24) is 15.7 Å². The maximum Gasteiger partial charge on any atom is 0.187 e. The van der Waals surface area contributed by atoms with E-state index in [9.17, 15) is 0 Å². The first kappa shape index (κ1) is 18.4. The van der Waals surface area contributed by atoms with Crippen LogP contribution < -0.4 is 10.7 Å². The monoisotopic (exact) mass is 404 g/mol. The second-order valence-corrected chi connectivity index (χ2v) is 6.49. The van der Waals surface area contributed by atoms with Crippen LogP contribution >= 0.6 is 35.4 Å². The minimum absolute atomic E-state index is 0.401. The number of hydrazone groups is 1. The van der Waals surface area contributed by atoms with Crippen LogP contribution in [-0.4, -0.2) is 16.3 Å². The first-order valence-corrected chi connectivity index (χ1v) is 8.79. The summed E-state index contributed by atoms with van der Waals surface area (Å²) in [6.45, 7) is 0.565. The quantitative estimate of drug-likeness (QED) is 0.368. The summed E-state index contributed by atoms with van der Waals surface area (Å²) in [5.74, 6) is 1.19. The van der Waals surface area contributed by atoms with Gasteiger partial charge in [0.05, 0.1) is 11.2 Å². The lowest BCUT2D eigenvalue weighted by Gasteiger charge is -2.06. The van der Waals surface area contributed by atoms with Gasteiger partial charge in [-0.25, -0.2) is 0 Å². The van der Waals surface area contributed by atoms with Crippen molar-refractivity contribution in [2.75, 3.05) is 0 Å². The van der Waals surface area contributed by atoms with E-state index in [1.165, 1.54) is 6.21 Å². The summed E-state index contributed by atoms with van der Waals surface area (Å²) in [6.07, 6.45) is 5.02. The highest BCUT2D eigenvalue weighted by molar-refractivity contribution is 7.80. The van der Waals surface area contributed by atoms with Crippen LogP contribution in [0, 0.1) is 0 Å². The van der Waals surface area contributed by atoms with Gasteiger partial charge in [0, 0.05) is 29.5 Å². The Kier molecular flexibility index (Phi) is 6.22. The smallest absolute Gasteiger partial charge is 0.187 e. The second kappa shape index (κ2) is 8.80. The van der Waals surface area contributed by atoms with Crippen LogP contribution in [0.15, 0.2) is 64.4 Å². The number of benzene rings is 1. The van der Waals surface area contributed by atoms with Crippen LogP contribution in [0.5, 0.6) is 0 Å². The third-order valence-corrected chi connectivity index (χ3v) is 4.14. The number of nitrogens with one attached hydrogen (secondary N) is 2. The molecule has 2 aromatic heterocycles. The third kappa shape index (κ3) is 5.05. The summed E-state index contributed by atoms with van der Waals surface area (Å²) < 4.78 is 5.71. The van der Waals surface area contributed by atoms with E-state index in [2.05, 4.69) is 20.8 Å². The summed E-state index contributed by atoms with van der Waals surface area (Å²) in [4.78, 5) is 4.04. The van der Waals surface area contributed by atoms with Gasteiger partial charge in [0.25, 0.3) is 0 Å². The standard InChI is InChI=1S/C18H14Cl2N4OS/c19-13-3-5-15(16(20)8-13)17-6-4-14(25-17)11-23-24-18(26)22-10-12-2-1-7-21-9-12/h1-9,11H,10H2,(H2,22,24,26)/b23-11+. The van der Waals surface area contributed by atoms with Crippen molar-refractivity contribution in [1.29, 1.82) is 0 Å². The minimum Gasteiger partial charge on any atom is -0.455 e. The first-order valence-electron chi connectivity index (χ1n) is 7.63. The average molecular weight is 405 g/mol. The summed E-state index contributed by atoms with van der Waals surface area (Å²) in [5, 5.41) is 8.59. The van der Waals surface area contributed by atoms with Crippen LogP contribution in [0.25, 0.3) is 11.3 Å². The first-order chi connectivity index (χ1) is 12.6. The summed E-state index contributed by atoms with van der Waals surface area (Å²) in [6, 6.07) is 12.7. The van der Waals surface area contributed by atoms with Crippen LogP contribution in [0.2, 0.25) is 10.0 Å². The van der Waals surface area contributed by atoms with Gasteiger partial charge in [-0.3, -0.25) is 10.4 Å². The maximum absolute atomic E-state index is 6.18. The lowest BCUT2D eigenvalue weighted by Crippen LogP contribution is -2.31. The molecule has 0 fully saturated rings. The van der Waals surface area contributed by atoms with Gasteiger partial charge < -0.3 is 9.73 Å². The zero-order valence-electron chi connectivity index (χ0n) is 13.4. The lowest BCUT2D eigenvalue weighted by molar-refractivity contribution is 0.574. The predicted molar refractivity (Wildman–Crippen MR) is 109 cm³/mol. The number of rotatable bonds is 5. The lowest BCUT2D eigenvalue weighted by atomic mass is 10.2. The molecule has 0 spiro atoms.